The van der Waals surface area contributed by atoms with Gasteiger partial charge in [0, 0.05) is 24.0 Å². The van der Waals surface area contributed by atoms with E-state index in [1.165, 1.54) is 30.6 Å². The Kier molecular flexibility index (Phi) is 4.03. The second-order valence-corrected chi connectivity index (χ2v) is 6.26. The lowest BCUT2D eigenvalue weighted by Crippen LogP contribution is -2.28. The van der Waals surface area contributed by atoms with Crippen LogP contribution in [0.1, 0.15) is 0 Å². The van der Waals surface area contributed by atoms with Gasteiger partial charge in [-0.1, -0.05) is 0 Å². The third-order valence-electron chi connectivity index (χ3n) is 3.09. The summed E-state index contributed by atoms with van der Waals surface area (Å²) in [5.74, 6) is -1.64. The fourth-order valence-electron chi connectivity index (χ4n) is 2.03. The Morgan fingerprint density at radius 2 is 1.72 bits per heavy atom. The van der Waals surface area contributed by atoms with Crippen LogP contribution in [0.4, 0.5) is 17.6 Å². The highest BCUT2D eigenvalue weighted by Crippen LogP contribution is 2.31. The van der Waals surface area contributed by atoms with Gasteiger partial charge in [-0.05, 0) is 23.8 Å². The predicted octanol–water partition coefficient (Wildman–Crippen LogP) is 3.06. The number of hydrogen-bond donors (Lipinski definition) is 0. The lowest BCUT2D eigenvalue weighted by atomic mass is 10.1. The summed E-state index contributed by atoms with van der Waals surface area (Å²) in [5, 5.41) is 0. The zero-order chi connectivity index (χ0) is 18.2. The molecule has 0 radical (unpaired) electrons. The van der Waals surface area contributed by atoms with Crippen molar-refractivity contribution in [3.05, 3.63) is 48.7 Å². The number of aromatic nitrogens is 3. The maximum absolute atomic E-state index is 14.2. The van der Waals surface area contributed by atoms with Crippen LogP contribution in [0.3, 0.4) is 0 Å². The Hall–Kier alpha value is -2.82. The van der Waals surface area contributed by atoms with E-state index in [-0.39, 0.29) is 16.6 Å². The SMILES string of the molecule is O=S(=O)(Oc1ccc2ncc(F)c(-c3ccncc3)c2n1)C(F)(F)F. The third-order valence-corrected chi connectivity index (χ3v) is 4.05. The van der Waals surface area contributed by atoms with Crippen molar-refractivity contribution in [3.8, 4) is 17.0 Å². The molecule has 3 heterocycles. The van der Waals surface area contributed by atoms with Crippen molar-refractivity contribution in [1.29, 1.82) is 0 Å². The lowest BCUT2D eigenvalue weighted by molar-refractivity contribution is -0.0501. The van der Waals surface area contributed by atoms with E-state index < -0.39 is 27.3 Å². The van der Waals surface area contributed by atoms with E-state index in [9.17, 15) is 26.0 Å². The summed E-state index contributed by atoms with van der Waals surface area (Å²) < 4.78 is 77.6. The van der Waals surface area contributed by atoms with Gasteiger partial charge < -0.3 is 4.18 Å². The quantitative estimate of drug-likeness (QED) is 0.399. The molecule has 0 saturated carbocycles. The smallest absolute Gasteiger partial charge is 0.355 e. The first-order valence-corrected chi connectivity index (χ1v) is 7.96. The van der Waals surface area contributed by atoms with Crippen molar-refractivity contribution in [2.75, 3.05) is 0 Å². The number of alkyl halides is 3. The topological polar surface area (TPSA) is 82.0 Å². The normalized spacial score (nSPS) is 12.3. The van der Waals surface area contributed by atoms with Crippen LogP contribution in [0.25, 0.3) is 22.2 Å². The molecular weight excluding hydrogens is 366 g/mol. The highest BCUT2D eigenvalue weighted by atomic mass is 32.2. The maximum atomic E-state index is 14.2. The van der Waals surface area contributed by atoms with Crippen LogP contribution in [0, 0.1) is 5.82 Å². The van der Waals surface area contributed by atoms with Crippen LogP contribution in [-0.2, 0) is 10.1 Å². The lowest BCUT2D eigenvalue weighted by Gasteiger charge is -2.11. The Labute approximate surface area is 138 Å². The molecule has 25 heavy (non-hydrogen) atoms. The molecule has 0 aliphatic carbocycles. The molecule has 0 aliphatic rings. The number of pyridine rings is 3. The first-order chi connectivity index (χ1) is 11.7. The van der Waals surface area contributed by atoms with E-state index in [4.69, 9.17) is 0 Å². The molecule has 0 aromatic carbocycles. The summed E-state index contributed by atoms with van der Waals surface area (Å²) in [4.78, 5) is 11.2. The van der Waals surface area contributed by atoms with Crippen molar-refractivity contribution < 1.29 is 30.2 Å². The van der Waals surface area contributed by atoms with Gasteiger partial charge in [0.2, 0.25) is 5.88 Å². The fourth-order valence-corrected chi connectivity index (χ4v) is 2.44. The zero-order valence-corrected chi connectivity index (χ0v) is 12.8. The Bertz CT molecular complexity index is 1040. The van der Waals surface area contributed by atoms with Gasteiger partial charge in [-0.15, -0.1) is 0 Å². The van der Waals surface area contributed by atoms with Gasteiger partial charge in [0.1, 0.15) is 5.52 Å². The van der Waals surface area contributed by atoms with Crippen LogP contribution in [0.2, 0.25) is 0 Å². The van der Waals surface area contributed by atoms with Crippen molar-refractivity contribution >= 4 is 21.2 Å². The number of rotatable bonds is 3. The molecule has 0 unspecified atom stereocenters. The average molecular weight is 373 g/mol. The molecule has 6 nitrogen and oxygen atoms in total. The van der Waals surface area contributed by atoms with Crippen LogP contribution < -0.4 is 4.18 Å². The van der Waals surface area contributed by atoms with Gasteiger partial charge >= 0.3 is 15.6 Å². The van der Waals surface area contributed by atoms with Gasteiger partial charge in [0.05, 0.1) is 11.7 Å². The first kappa shape index (κ1) is 17.0. The highest BCUT2D eigenvalue weighted by Gasteiger charge is 2.48. The number of halogens is 4. The van der Waals surface area contributed by atoms with Gasteiger partial charge in [-0.3, -0.25) is 9.97 Å². The van der Waals surface area contributed by atoms with Crippen LogP contribution >= 0.6 is 0 Å². The molecule has 0 fully saturated rings. The van der Waals surface area contributed by atoms with E-state index >= 15 is 0 Å². The highest BCUT2D eigenvalue weighted by molar-refractivity contribution is 7.87. The standard InChI is InChI=1S/C14H7F4N3O3S/c15-9-7-20-10-1-2-11(24-25(22,23)14(16,17)18)21-13(10)12(9)8-3-5-19-6-4-8/h1-7H. The summed E-state index contributed by atoms with van der Waals surface area (Å²) in [6.45, 7) is 0. The van der Waals surface area contributed by atoms with Gasteiger partial charge in [0.25, 0.3) is 0 Å². The van der Waals surface area contributed by atoms with Gasteiger partial charge in [-0.2, -0.15) is 21.6 Å². The summed E-state index contributed by atoms with van der Waals surface area (Å²) in [7, 11) is -5.89. The summed E-state index contributed by atoms with van der Waals surface area (Å²) in [5.41, 5.74) is -5.35. The van der Waals surface area contributed by atoms with Crippen molar-refractivity contribution in [1.82, 2.24) is 15.0 Å². The Morgan fingerprint density at radius 3 is 2.36 bits per heavy atom. The molecule has 3 aromatic rings. The van der Waals surface area contributed by atoms with E-state index in [0.717, 1.165) is 12.3 Å². The van der Waals surface area contributed by atoms with Gasteiger partial charge in [0.15, 0.2) is 5.82 Å². The summed E-state index contributed by atoms with van der Waals surface area (Å²) >= 11 is 0. The van der Waals surface area contributed by atoms with E-state index in [1.807, 2.05) is 0 Å². The molecule has 3 aromatic heterocycles. The minimum absolute atomic E-state index is 0.0674. The number of nitrogens with zero attached hydrogens (tertiary/aromatic N) is 3. The first-order valence-electron chi connectivity index (χ1n) is 6.55. The summed E-state index contributed by atoms with van der Waals surface area (Å²) in [6.07, 6.45) is 3.69. The Morgan fingerprint density at radius 1 is 1.04 bits per heavy atom. The van der Waals surface area contributed by atoms with Crippen molar-refractivity contribution in [3.63, 3.8) is 0 Å². The molecule has 3 rings (SSSR count). The zero-order valence-electron chi connectivity index (χ0n) is 12.0. The van der Waals surface area contributed by atoms with Crippen LogP contribution in [0.15, 0.2) is 42.9 Å². The fraction of sp³-hybridized carbons (Fsp3) is 0.0714. The third kappa shape index (κ3) is 3.22. The second-order valence-electron chi connectivity index (χ2n) is 4.72. The maximum Gasteiger partial charge on any atom is 0.534 e. The minimum Gasteiger partial charge on any atom is -0.355 e. The number of fused-ring (bicyclic) bond motifs is 1. The molecule has 0 amide bonds. The van der Waals surface area contributed by atoms with E-state index in [0.29, 0.717) is 5.56 Å². The largest absolute Gasteiger partial charge is 0.534 e. The van der Waals surface area contributed by atoms with E-state index in [1.54, 1.807) is 0 Å². The summed E-state index contributed by atoms with van der Waals surface area (Å²) in [6, 6.07) is 4.99. The van der Waals surface area contributed by atoms with Crippen molar-refractivity contribution in [2.45, 2.75) is 5.51 Å². The second kappa shape index (κ2) is 5.92. The number of hydrogen-bond acceptors (Lipinski definition) is 6. The van der Waals surface area contributed by atoms with Gasteiger partial charge in [-0.25, -0.2) is 9.37 Å². The van der Waals surface area contributed by atoms with Crippen molar-refractivity contribution in [2.24, 2.45) is 0 Å². The van der Waals surface area contributed by atoms with E-state index in [2.05, 4.69) is 19.1 Å². The molecule has 0 aliphatic heterocycles. The molecular formula is C14H7F4N3O3S. The van der Waals surface area contributed by atoms with Crippen LogP contribution in [0.5, 0.6) is 5.88 Å². The minimum atomic E-state index is -5.89. The van der Waals surface area contributed by atoms with Crippen LogP contribution in [-0.4, -0.2) is 28.9 Å². The molecule has 0 spiro atoms. The molecule has 0 saturated heterocycles. The Balaban J connectivity index is 2.17. The molecule has 11 heteroatoms. The average Bonchev–Trinajstić information content (AvgIpc) is 2.54. The monoisotopic (exact) mass is 373 g/mol. The predicted molar refractivity (Wildman–Crippen MR) is 78.3 cm³/mol. The molecule has 0 atom stereocenters. The molecule has 130 valence electrons. The molecule has 0 N–H and O–H groups in total. The molecule has 0 bridgehead atoms.